The number of fused-ring (bicyclic) bond motifs is 1. The Morgan fingerprint density at radius 1 is 0.929 bits per heavy atom. The molecule has 0 spiro atoms. The quantitative estimate of drug-likeness (QED) is 0.351. The maximum atomic E-state index is 14.0. The van der Waals surface area contributed by atoms with E-state index in [2.05, 4.69) is 5.32 Å². The number of hydrogen-bond acceptors (Lipinski definition) is 5. The zero-order valence-electron chi connectivity index (χ0n) is 23.2. The first kappa shape index (κ1) is 29.8. The van der Waals surface area contributed by atoms with Crippen molar-refractivity contribution < 1.29 is 22.8 Å². The van der Waals surface area contributed by atoms with E-state index in [9.17, 15) is 22.8 Å². The van der Waals surface area contributed by atoms with Gasteiger partial charge in [-0.1, -0.05) is 85.5 Å². The van der Waals surface area contributed by atoms with Crippen LogP contribution < -0.4 is 5.32 Å². The maximum absolute atomic E-state index is 14.0. The average Bonchev–Trinajstić information content (AvgIpc) is 3.19. The smallest absolute Gasteiger partial charge is 0.269 e. The summed E-state index contributed by atoms with van der Waals surface area (Å²) in [5.41, 5.74) is 1.71. The van der Waals surface area contributed by atoms with Crippen LogP contribution in [0.5, 0.6) is 0 Å². The molecule has 1 aliphatic carbocycles. The average molecular weight is 608 g/mol. The van der Waals surface area contributed by atoms with Gasteiger partial charge in [0.1, 0.15) is 10.9 Å². The van der Waals surface area contributed by atoms with Crippen molar-refractivity contribution in [3.05, 3.63) is 101 Å². The molecule has 42 heavy (non-hydrogen) atoms. The fourth-order valence-corrected chi connectivity index (χ4v) is 7.51. The first-order valence-corrected chi connectivity index (χ1v) is 16.1. The lowest BCUT2D eigenvalue weighted by Gasteiger charge is -2.34. The minimum atomic E-state index is -4.07. The summed E-state index contributed by atoms with van der Waals surface area (Å²) in [6.45, 7) is -0.237. The van der Waals surface area contributed by atoms with Crippen LogP contribution in [-0.4, -0.2) is 54.0 Å². The van der Waals surface area contributed by atoms with E-state index >= 15 is 0 Å². The largest absolute Gasteiger partial charge is 0.352 e. The van der Waals surface area contributed by atoms with Crippen LogP contribution in [0.4, 0.5) is 0 Å². The number of carbonyl (C=O) groups excluding carboxylic acids is 3. The summed E-state index contributed by atoms with van der Waals surface area (Å²) in [6, 6.07) is 21.8. The van der Waals surface area contributed by atoms with Crippen molar-refractivity contribution in [1.82, 2.24) is 14.5 Å². The Morgan fingerprint density at radius 2 is 1.62 bits per heavy atom. The molecule has 0 radical (unpaired) electrons. The summed E-state index contributed by atoms with van der Waals surface area (Å²) >= 11 is 6.25. The lowest BCUT2D eigenvalue weighted by atomic mass is 9.94. The number of rotatable bonds is 10. The van der Waals surface area contributed by atoms with E-state index in [4.69, 9.17) is 11.6 Å². The third-order valence-corrected chi connectivity index (χ3v) is 9.98. The number of benzene rings is 3. The van der Waals surface area contributed by atoms with Gasteiger partial charge in [0.2, 0.25) is 11.8 Å². The normalized spacial score (nSPS) is 17.0. The number of hydrogen-bond donors (Lipinski definition) is 1. The number of sulfonamides is 1. The number of nitrogens with zero attached hydrogens (tertiary/aromatic N) is 2. The van der Waals surface area contributed by atoms with Gasteiger partial charge in [-0.25, -0.2) is 12.7 Å². The molecule has 5 rings (SSSR count). The molecule has 3 aromatic rings. The van der Waals surface area contributed by atoms with Gasteiger partial charge in [0.25, 0.3) is 15.9 Å². The predicted molar refractivity (Wildman–Crippen MR) is 160 cm³/mol. The molecule has 3 amide bonds. The van der Waals surface area contributed by atoms with Gasteiger partial charge in [-0.3, -0.25) is 14.4 Å². The number of carbonyl (C=O) groups is 3. The van der Waals surface area contributed by atoms with Crippen LogP contribution in [0.1, 0.15) is 60.0 Å². The number of halogens is 1. The van der Waals surface area contributed by atoms with Crippen LogP contribution in [0.15, 0.2) is 83.8 Å². The maximum Gasteiger partial charge on any atom is 0.269 e. The molecule has 1 aliphatic heterocycles. The van der Waals surface area contributed by atoms with Crippen molar-refractivity contribution in [1.29, 1.82) is 0 Å². The highest BCUT2D eigenvalue weighted by Crippen LogP contribution is 2.30. The summed E-state index contributed by atoms with van der Waals surface area (Å²) < 4.78 is 27.0. The van der Waals surface area contributed by atoms with Crippen LogP contribution in [0.3, 0.4) is 0 Å². The molecule has 10 heteroatoms. The molecule has 1 fully saturated rings. The third kappa shape index (κ3) is 6.68. The molecule has 0 bridgehead atoms. The van der Waals surface area contributed by atoms with E-state index in [0.29, 0.717) is 5.02 Å². The fourth-order valence-electron chi connectivity index (χ4n) is 5.72. The summed E-state index contributed by atoms with van der Waals surface area (Å²) in [5.74, 6) is -1.34. The summed E-state index contributed by atoms with van der Waals surface area (Å²) in [4.78, 5) is 42.3. The van der Waals surface area contributed by atoms with E-state index in [-0.39, 0.29) is 48.3 Å². The molecular weight excluding hydrogens is 574 g/mol. The molecule has 8 nitrogen and oxygen atoms in total. The van der Waals surface area contributed by atoms with Crippen molar-refractivity contribution >= 4 is 39.3 Å². The minimum Gasteiger partial charge on any atom is -0.352 e. The molecule has 3 aromatic carbocycles. The summed E-state index contributed by atoms with van der Waals surface area (Å²) in [5, 5.41) is 3.68. The summed E-state index contributed by atoms with van der Waals surface area (Å²) in [7, 11) is -4.07. The Hall–Kier alpha value is -3.69. The van der Waals surface area contributed by atoms with Gasteiger partial charge in [-0.05, 0) is 48.2 Å². The first-order valence-electron chi connectivity index (χ1n) is 14.3. The molecule has 1 atom stereocenters. The monoisotopic (exact) mass is 607 g/mol. The van der Waals surface area contributed by atoms with Gasteiger partial charge in [-0.2, -0.15) is 0 Å². The number of amides is 3. The lowest BCUT2D eigenvalue weighted by molar-refractivity contribution is -0.141. The topological polar surface area (TPSA) is 104 Å². The third-order valence-electron chi connectivity index (χ3n) is 7.91. The van der Waals surface area contributed by atoms with Crippen molar-refractivity contribution in [2.24, 2.45) is 0 Å². The molecule has 0 unspecified atom stereocenters. The van der Waals surface area contributed by atoms with Crippen molar-refractivity contribution in [3.63, 3.8) is 0 Å². The zero-order valence-corrected chi connectivity index (χ0v) is 24.8. The van der Waals surface area contributed by atoms with Gasteiger partial charge in [0.15, 0.2) is 0 Å². The zero-order chi connectivity index (χ0) is 29.7. The van der Waals surface area contributed by atoms with Crippen molar-refractivity contribution in [2.45, 2.75) is 68.5 Å². The second-order valence-corrected chi connectivity index (χ2v) is 13.1. The Bertz CT molecular complexity index is 1560. The van der Waals surface area contributed by atoms with E-state index in [0.717, 1.165) is 47.5 Å². The van der Waals surface area contributed by atoms with Crippen LogP contribution in [0.25, 0.3) is 0 Å². The van der Waals surface area contributed by atoms with Gasteiger partial charge < -0.3 is 10.2 Å². The van der Waals surface area contributed by atoms with E-state index < -0.39 is 27.9 Å². The Morgan fingerprint density at radius 3 is 2.33 bits per heavy atom. The molecule has 1 N–H and O–H groups in total. The highest BCUT2D eigenvalue weighted by Gasteiger charge is 2.41. The van der Waals surface area contributed by atoms with Crippen LogP contribution in [0.2, 0.25) is 5.02 Å². The summed E-state index contributed by atoms with van der Waals surface area (Å²) in [6.07, 6.45) is 5.00. The molecule has 220 valence electrons. The van der Waals surface area contributed by atoms with E-state index in [1.807, 2.05) is 36.4 Å². The van der Waals surface area contributed by atoms with Crippen molar-refractivity contribution in [3.8, 4) is 0 Å². The fraction of sp³-hybridized carbons (Fsp3) is 0.344. The van der Waals surface area contributed by atoms with E-state index in [1.54, 1.807) is 30.3 Å². The Kier molecular flexibility index (Phi) is 9.28. The van der Waals surface area contributed by atoms with E-state index in [1.165, 1.54) is 17.0 Å². The minimum absolute atomic E-state index is 0.0403. The highest BCUT2D eigenvalue weighted by atomic mass is 35.5. The molecule has 2 aliphatic rings. The molecule has 1 saturated carbocycles. The molecule has 0 aromatic heterocycles. The second kappa shape index (κ2) is 13.1. The van der Waals surface area contributed by atoms with Gasteiger partial charge in [-0.15, -0.1) is 0 Å². The lowest BCUT2D eigenvalue weighted by Crippen LogP contribution is -2.53. The predicted octanol–water partition coefficient (Wildman–Crippen LogP) is 4.96. The van der Waals surface area contributed by atoms with Gasteiger partial charge in [0, 0.05) is 37.0 Å². The number of nitrogens with one attached hydrogen (secondary N) is 1. The van der Waals surface area contributed by atoms with Gasteiger partial charge >= 0.3 is 0 Å². The first-order chi connectivity index (χ1) is 20.2. The van der Waals surface area contributed by atoms with Crippen LogP contribution in [0, 0.1) is 0 Å². The molecular formula is C32H34ClN3O5S. The van der Waals surface area contributed by atoms with Crippen LogP contribution >= 0.6 is 11.6 Å². The van der Waals surface area contributed by atoms with Gasteiger partial charge in [0.05, 0.1) is 5.56 Å². The molecule has 0 saturated heterocycles. The Balaban J connectivity index is 1.43. The highest BCUT2D eigenvalue weighted by molar-refractivity contribution is 7.90. The SMILES string of the molecule is O=C(NC1CCCCC1)[C@H](Cc1ccccc1)N(Cc1cccc(Cl)c1)C(=O)CCN1C(=O)c2ccccc2S1(=O)=O. The standard InChI is InChI=1S/C32H34ClN3O5S/c33-25-13-9-12-24(20-25)22-35(30(37)18-19-36-32(39)27-16-7-8-17-29(27)42(36,40)41)28(21-23-10-3-1-4-11-23)31(38)34-26-14-5-2-6-15-26/h1,3-4,7-13,16-17,20,26,28H,2,5-6,14-15,18-19,21-22H2,(H,34,38)/t28-/m0/s1. The second-order valence-electron chi connectivity index (χ2n) is 10.8. The van der Waals surface area contributed by atoms with Crippen LogP contribution in [-0.2, 0) is 32.6 Å². The Labute approximate surface area is 251 Å². The van der Waals surface area contributed by atoms with Crippen molar-refractivity contribution in [2.75, 3.05) is 6.54 Å². The molecule has 1 heterocycles.